The highest BCUT2D eigenvalue weighted by Crippen LogP contribution is 2.25. The fourth-order valence-corrected chi connectivity index (χ4v) is 2.55. The Kier molecular flexibility index (Phi) is 3.43. The molecule has 0 aromatic carbocycles. The maximum atomic E-state index is 11.4. The third kappa shape index (κ3) is 2.72. The fourth-order valence-electron chi connectivity index (χ4n) is 2.55. The Morgan fingerprint density at radius 1 is 1.50 bits per heavy atom. The minimum absolute atomic E-state index is 0.129. The molecule has 2 aliphatic rings. The van der Waals surface area contributed by atoms with Crippen LogP contribution in [-0.2, 0) is 9.59 Å². The molecule has 2 N–H and O–H groups in total. The Morgan fingerprint density at radius 3 is 2.94 bits per heavy atom. The van der Waals surface area contributed by atoms with Crippen molar-refractivity contribution in [1.29, 1.82) is 0 Å². The van der Waals surface area contributed by atoms with Crippen LogP contribution in [0.2, 0.25) is 0 Å². The average molecular weight is 226 g/mol. The number of likely N-dealkylation sites (tertiary alicyclic amines) is 1. The van der Waals surface area contributed by atoms with E-state index in [0.29, 0.717) is 12.5 Å². The predicted octanol–water partition coefficient (Wildman–Crippen LogP) is 0.0616. The first-order chi connectivity index (χ1) is 7.65. The maximum absolute atomic E-state index is 11.4. The molecule has 16 heavy (non-hydrogen) atoms. The molecule has 2 heterocycles. The molecule has 1 amide bonds. The topological polar surface area (TPSA) is 69.6 Å². The number of aliphatic carboxylic acids is 1. The molecular formula is C11H18N2O3. The number of hydrogen-bond acceptors (Lipinski definition) is 3. The lowest BCUT2D eigenvalue weighted by Crippen LogP contribution is -2.53. The molecule has 2 fully saturated rings. The lowest BCUT2D eigenvalue weighted by molar-refractivity contribution is -0.140. The summed E-state index contributed by atoms with van der Waals surface area (Å²) < 4.78 is 0. The molecule has 90 valence electrons. The van der Waals surface area contributed by atoms with E-state index in [1.807, 2.05) is 0 Å². The third-order valence-electron chi connectivity index (χ3n) is 3.42. The standard InChI is InChI=1S/C11H18N2O3/c14-10-5-9(2-1-3-12-10)13-6-8(7-13)4-11(15)16/h8-9H,1-7H2,(H,12,14)(H,15,16). The normalized spacial score (nSPS) is 28.0. The smallest absolute Gasteiger partial charge is 0.303 e. The summed E-state index contributed by atoms with van der Waals surface area (Å²) in [4.78, 5) is 24.1. The van der Waals surface area contributed by atoms with Crippen LogP contribution < -0.4 is 5.32 Å². The molecular weight excluding hydrogens is 208 g/mol. The van der Waals surface area contributed by atoms with Crippen molar-refractivity contribution in [2.45, 2.75) is 31.7 Å². The molecule has 0 radical (unpaired) electrons. The number of nitrogens with zero attached hydrogens (tertiary/aromatic N) is 1. The number of carbonyl (C=O) groups is 2. The number of carboxylic acids is 1. The second-order valence-electron chi connectivity index (χ2n) is 4.77. The zero-order valence-corrected chi connectivity index (χ0v) is 9.32. The number of rotatable bonds is 3. The molecule has 2 saturated heterocycles. The second kappa shape index (κ2) is 4.82. The first-order valence-corrected chi connectivity index (χ1v) is 5.87. The Labute approximate surface area is 94.8 Å². The van der Waals surface area contributed by atoms with Crippen LogP contribution in [0.1, 0.15) is 25.7 Å². The van der Waals surface area contributed by atoms with Gasteiger partial charge < -0.3 is 10.4 Å². The van der Waals surface area contributed by atoms with E-state index in [0.717, 1.165) is 32.5 Å². The number of amides is 1. The summed E-state index contributed by atoms with van der Waals surface area (Å²) in [6.45, 7) is 2.45. The largest absolute Gasteiger partial charge is 0.481 e. The summed E-state index contributed by atoms with van der Waals surface area (Å²) >= 11 is 0. The lowest BCUT2D eigenvalue weighted by Gasteiger charge is -2.43. The van der Waals surface area contributed by atoms with Gasteiger partial charge >= 0.3 is 5.97 Å². The molecule has 2 aliphatic heterocycles. The maximum Gasteiger partial charge on any atom is 0.303 e. The SMILES string of the molecule is O=C(O)CC1CN(C2CCCNC(=O)C2)C1. The number of nitrogens with one attached hydrogen (secondary N) is 1. The molecule has 0 saturated carbocycles. The zero-order valence-electron chi connectivity index (χ0n) is 9.32. The van der Waals surface area contributed by atoms with Crippen LogP contribution in [0.25, 0.3) is 0 Å². The van der Waals surface area contributed by atoms with Crippen LogP contribution in [0.5, 0.6) is 0 Å². The highest BCUT2D eigenvalue weighted by molar-refractivity contribution is 5.76. The molecule has 0 aromatic heterocycles. The van der Waals surface area contributed by atoms with E-state index in [2.05, 4.69) is 10.2 Å². The van der Waals surface area contributed by atoms with Crippen molar-refractivity contribution in [3.63, 3.8) is 0 Å². The van der Waals surface area contributed by atoms with Crippen molar-refractivity contribution in [2.24, 2.45) is 5.92 Å². The van der Waals surface area contributed by atoms with Crippen LogP contribution in [0, 0.1) is 5.92 Å². The van der Waals surface area contributed by atoms with Crippen molar-refractivity contribution in [3.05, 3.63) is 0 Å². The average Bonchev–Trinajstić information content (AvgIpc) is 2.35. The van der Waals surface area contributed by atoms with Crippen LogP contribution in [-0.4, -0.2) is 47.6 Å². The van der Waals surface area contributed by atoms with Crippen LogP contribution in [0.4, 0.5) is 0 Å². The summed E-state index contributed by atoms with van der Waals surface area (Å²) in [5, 5.41) is 11.5. The van der Waals surface area contributed by atoms with E-state index in [4.69, 9.17) is 5.11 Å². The van der Waals surface area contributed by atoms with E-state index in [1.54, 1.807) is 0 Å². The van der Waals surface area contributed by atoms with Crippen molar-refractivity contribution in [2.75, 3.05) is 19.6 Å². The van der Waals surface area contributed by atoms with E-state index >= 15 is 0 Å². The van der Waals surface area contributed by atoms with Gasteiger partial charge in [0.1, 0.15) is 0 Å². The monoisotopic (exact) mass is 226 g/mol. The Balaban J connectivity index is 1.77. The first kappa shape index (κ1) is 11.4. The third-order valence-corrected chi connectivity index (χ3v) is 3.42. The summed E-state index contributed by atoms with van der Waals surface area (Å²) in [5.41, 5.74) is 0. The van der Waals surface area contributed by atoms with Crippen LogP contribution >= 0.6 is 0 Å². The molecule has 0 bridgehead atoms. The molecule has 1 unspecified atom stereocenters. The van der Waals surface area contributed by atoms with Crippen LogP contribution in [0.3, 0.4) is 0 Å². The van der Waals surface area contributed by atoms with Gasteiger partial charge in [0, 0.05) is 32.1 Å². The van der Waals surface area contributed by atoms with Gasteiger partial charge in [-0.25, -0.2) is 0 Å². The van der Waals surface area contributed by atoms with Crippen molar-refractivity contribution >= 4 is 11.9 Å². The van der Waals surface area contributed by atoms with E-state index in [9.17, 15) is 9.59 Å². The van der Waals surface area contributed by atoms with Gasteiger partial charge in [-0.15, -0.1) is 0 Å². The van der Waals surface area contributed by atoms with Gasteiger partial charge in [0.05, 0.1) is 6.42 Å². The van der Waals surface area contributed by atoms with Crippen LogP contribution in [0.15, 0.2) is 0 Å². The van der Waals surface area contributed by atoms with Gasteiger partial charge in [-0.05, 0) is 18.8 Å². The molecule has 5 nitrogen and oxygen atoms in total. The van der Waals surface area contributed by atoms with E-state index in [1.165, 1.54) is 0 Å². The molecule has 2 rings (SSSR count). The van der Waals surface area contributed by atoms with Crippen molar-refractivity contribution in [1.82, 2.24) is 10.2 Å². The minimum atomic E-state index is -0.719. The molecule has 5 heteroatoms. The van der Waals surface area contributed by atoms with Crippen molar-refractivity contribution in [3.8, 4) is 0 Å². The van der Waals surface area contributed by atoms with E-state index in [-0.39, 0.29) is 18.2 Å². The van der Waals surface area contributed by atoms with Gasteiger partial charge in [-0.2, -0.15) is 0 Å². The number of carbonyl (C=O) groups excluding carboxylic acids is 1. The number of hydrogen-bond donors (Lipinski definition) is 2. The first-order valence-electron chi connectivity index (χ1n) is 5.87. The lowest BCUT2D eigenvalue weighted by atomic mass is 9.92. The summed E-state index contributed by atoms with van der Waals surface area (Å²) in [5.74, 6) is -0.309. The Hall–Kier alpha value is -1.10. The van der Waals surface area contributed by atoms with Crippen molar-refractivity contribution < 1.29 is 14.7 Å². The molecule has 1 atom stereocenters. The quantitative estimate of drug-likeness (QED) is 0.714. The van der Waals surface area contributed by atoms with Gasteiger partial charge in [-0.1, -0.05) is 0 Å². The zero-order chi connectivity index (χ0) is 11.5. The van der Waals surface area contributed by atoms with Gasteiger partial charge in [0.25, 0.3) is 0 Å². The summed E-state index contributed by atoms with van der Waals surface area (Å²) in [6, 6.07) is 0.326. The van der Waals surface area contributed by atoms with Gasteiger partial charge in [0.2, 0.25) is 5.91 Å². The number of carboxylic acid groups (broad SMARTS) is 1. The Bertz CT molecular complexity index is 287. The molecule has 0 aromatic rings. The minimum Gasteiger partial charge on any atom is -0.481 e. The fraction of sp³-hybridized carbons (Fsp3) is 0.818. The molecule has 0 aliphatic carbocycles. The van der Waals surface area contributed by atoms with Gasteiger partial charge in [-0.3, -0.25) is 14.5 Å². The molecule has 0 spiro atoms. The van der Waals surface area contributed by atoms with E-state index < -0.39 is 5.97 Å². The second-order valence-corrected chi connectivity index (χ2v) is 4.77. The summed E-state index contributed by atoms with van der Waals surface area (Å²) in [6.07, 6.45) is 2.89. The highest BCUT2D eigenvalue weighted by atomic mass is 16.4. The predicted molar refractivity (Wildman–Crippen MR) is 58.0 cm³/mol. The highest BCUT2D eigenvalue weighted by Gasteiger charge is 2.34. The Morgan fingerprint density at radius 2 is 2.25 bits per heavy atom. The van der Waals surface area contributed by atoms with Gasteiger partial charge in [0.15, 0.2) is 0 Å². The summed E-state index contributed by atoms with van der Waals surface area (Å²) in [7, 11) is 0.